The van der Waals surface area contributed by atoms with Crippen molar-refractivity contribution in [3.63, 3.8) is 0 Å². The van der Waals surface area contributed by atoms with Crippen LogP contribution in [0, 0.1) is 17.2 Å². The lowest BCUT2D eigenvalue weighted by Gasteiger charge is -2.34. The smallest absolute Gasteiger partial charge is 0.296 e. The summed E-state index contributed by atoms with van der Waals surface area (Å²) in [5.41, 5.74) is 2.10. The van der Waals surface area contributed by atoms with E-state index in [0.29, 0.717) is 17.2 Å². The van der Waals surface area contributed by atoms with Crippen molar-refractivity contribution in [3.05, 3.63) is 77.5 Å². The van der Waals surface area contributed by atoms with Gasteiger partial charge < -0.3 is 20.3 Å². The van der Waals surface area contributed by atoms with Gasteiger partial charge in [0.1, 0.15) is 11.9 Å². The first-order chi connectivity index (χ1) is 22.1. The summed E-state index contributed by atoms with van der Waals surface area (Å²) in [5.74, 6) is 0.908. The fourth-order valence-corrected chi connectivity index (χ4v) is 5.87. The molecule has 2 N–H and O–H groups in total. The molecule has 10 nitrogen and oxygen atoms in total. The minimum atomic E-state index is -0.822. The number of nitriles is 1. The van der Waals surface area contributed by atoms with Crippen molar-refractivity contribution in [2.24, 2.45) is 5.92 Å². The molecule has 1 aromatic heterocycles. The molecule has 2 aliphatic rings. The summed E-state index contributed by atoms with van der Waals surface area (Å²) >= 11 is 0. The quantitative estimate of drug-likeness (QED) is 0.174. The third-order valence-corrected chi connectivity index (χ3v) is 8.68. The van der Waals surface area contributed by atoms with E-state index in [0.717, 1.165) is 48.7 Å². The molecule has 10 heteroatoms. The molecular weight excluding hydrogens is 578 g/mol. The van der Waals surface area contributed by atoms with Crippen LogP contribution in [0.15, 0.2) is 60.8 Å². The number of nitrogens with zero attached hydrogens (tertiary/aromatic N) is 5. The summed E-state index contributed by atoms with van der Waals surface area (Å²) in [6.07, 6.45) is 4.48. The number of ketones is 1. The second-order valence-electron chi connectivity index (χ2n) is 13.1. The highest BCUT2D eigenvalue weighted by Crippen LogP contribution is 2.36. The van der Waals surface area contributed by atoms with Gasteiger partial charge in [0, 0.05) is 55.6 Å². The zero-order valence-electron chi connectivity index (χ0n) is 26.8. The first kappa shape index (κ1) is 31.0. The van der Waals surface area contributed by atoms with Gasteiger partial charge >= 0.3 is 0 Å². The number of carbonyl (C=O) groups excluding carboxylic acids is 2. The lowest BCUT2D eigenvalue weighted by atomic mass is 9.85. The molecule has 0 unspecified atom stereocenters. The average Bonchev–Trinajstić information content (AvgIpc) is 3.88. The van der Waals surface area contributed by atoms with Crippen molar-refractivity contribution in [1.82, 2.24) is 14.9 Å². The third-order valence-electron chi connectivity index (χ3n) is 8.68. The lowest BCUT2D eigenvalue weighted by molar-refractivity contribution is -0.112. The van der Waals surface area contributed by atoms with Crippen LogP contribution < -0.4 is 20.3 Å². The van der Waals surface area contributed by atoms with E-state index in [9.17, 15) is 14.9 Å². The highest BCUT2D eigenvalue weighted by Gasteiger charge is 2.28. The molecule has 0 atom stereocenters. The average molecular weight is 618 g/mol. The van der Waals surface area contributed by atoms with Gasteiger partial charge in [-0.15, -0.1) is 0 Å². The number of nitrogens with one attached hydrogen (secondary N) is 2. The number of carbonyl (C=O) groups is 2. The number of benzene rings is 3. The van der Waals surface area contributed by atoms with Crippen LogP contribution in [0.2, 0.25) is 0 Å². The molecule has 0 radical (unpaired) electrons. The van der Waals surface area contributed by atoms with E-state index in [1.807, 2.05) is 51.1 Å². The molecular formula is C36H39N7O3. The maximum Gasteiger partial charge on any atom is 0.296 e. The normalized spacial score (nSPS) is 15.3. The Hall–Kier alpha value is -5.01. The number of methoxy groups -OCH3 is 1. The molecule has 3 aromatic carbocycles. The van der Waals surface area contributed by atoms with Crippen molar-refractivity contribution in [3.8, 4) is 11.8 Å². The first-order valence-corrected chi connectivity index (χ1v) is 15.7. The maximum atomic E-state index is 13.6. The number of ether oxygens (including phenoxy) is 1. The number of anilines is 4. The molecule has 6 rings (SSSR count). The van der Waals surface area contributed by atoms with Crippen molar-refractivity contribution in [2.75, 3.05) is 55.4 Å². The molecule has 2 heterocycles. The Morgan fingerprint density at radius 3 is 2.41 bits per heavy atom. The SMILES string of the molecule is COc1c(C#N)cc(C(C)(C)C)cc1NC(=O)C(=O)c1ccc(Nc2ccnc(N3CCN(CC4CC4)CC3)n2)c2ccccc12. The Kier molecular flexibility index (Phi) is 8.61. The number of Topliss-reactive ketones (excluding diaryl/α,β-unsaturated/α-hetero) is 1. The number of hydrogen-bond acceptors (Lipinski definition) is 9. The van der Waals surface area contributed by atoms with Gasteiger partial charge in [0.15, 0.2) is 5.75 Å². The molecule has 1 amide bonds. The summed E-state index contributed by atoms with van der Waals surface area (Å²) in [6.45, 7) is 11.0. The van der Waals surface area contributed by atoms with Crippen LogP contribution in [0.3, 0.4) is 0 Å². The molecule has 46 heavy (non-hydrogen) atoms. The van der Waals surface area contributed by atoms with Gasteiger partial charge in [-0.1, -0.05) is 45.0 Å². The van der Waals surface area contributed by atoms with E-state index < -0.39 is 11.7 Å². The largest absolute Gasteiger partial charge is 0.493 e. The zero-order chi connectivity index (χ0) is 32.4. The standard InChI is InChI=1S/C36H39N7O3/c1-36(2,3)25-19-24(21-37)33(46-4)30(20-25)40-34(45)32(44)28-11-12-29(27-8-6-5-7-26(27)28)39-31-13-14-38-35(41-31)43-17-15-42(16-18-43)22-23-9-10-23/h5-8,11-14,19-20,23H,9-10,15-18,22H2,1-4H3,(H,40,45)(H,38,39,41). The predicted molar refractivity (Wildman–Crippen MR) is 180 cm³/mol. The monoisotopic (exact) mass is 617 g/mol. The van der Waals surface area contributed by atoms with Gasteiger partial charge in [-0.25, -0.2) is 4.98 Å². The molecule has 4 aromatic rings. The van der Waals surface area contributed by atoms with E-state index in [2.05, 4.69) is 31.5 Å². The summed E-state index contributed by atoms with van der Waals surface area (Å²) in [6, 6.07) is 18.3. The highest BCUT2D eigenvalue weighted by molar-refractivity contribution is 6.48. The van der Waals surface area contributed by atoms with Crippen LogP contribution in [0.25, 0.3) is 10.8 Å². The fraction of sp³-hybridized carbons (Fsp3) is 0.361. The first-order valence-electron chi connectivity index (χ1n) is 15.7. The molecule has 1 saturated heterocycles. The number of rotatable bonds is 9. The number of aromatic nitrogens is 2. The van der Waals surface area contributed by atoms with Crippen LogP contribution >= 0.6 is 0 Å². The molecule has 1 aliphatic carbocycles. The van der Waals surface area contributed by atoms with Gasteiger partial charge in [-0.3, -0.25) is 14.5 Å². The fourth-order valence-electron chi connectivity index (χ4n) is 5.87. The van der Waals surface area contributed by atoms with Crippen molar-refractivity contribution < 1.29 is 14.3 Å². The van der Waals surface area contributed by atoms with Crippen molar-refractivity contribution >= 4 is 45.6 Å². The molecule has 0 bridgehead atoms. The minimum absolute atomic E-state index is 0.213. The third kappa shape index (κ3) is 6.65. The van der Waals surface area contributed by atoms with Crippen LogP contribution in [0.5, 0.6) is 5.75 Å². The van der Waals surface area contributed by atoms with E-state index in [1.165, 1.54) is 26.5 Å². The van der Waals surface area contributed by atoms with Crippen molar-refractivity contribution in [1.29, 1.82) is 5.26 Å². The lowest BCUT2D eigenvalue weighted by Crippen LogP contribution is -2.47. The van der Waals surface area contributed by atoms with Gasteiger partial charge in [-0.05, 0) is 65.5 Å². The Balaban J connectivity index is 1.22. The molecule has 0 spiro atoms. The second kappa shape index (κ2) is 12.8. The highest BCUT2D eigenvalue weighted by atomic mass is 16.5. The topological polar surface area (TPSA) is 123 Å². The van der Waals surface area contributed by atoms with Gasteiger partial charge in [0.2, 0.25) is 5.95 Å². The van der Waals surface area contributed by atoms with E-state index in [-0.39, 0.29) is 28.0 Å². The predicted octanol–water partition coefficient (Wildman–Crippen LogP) is 5.90. The Morgan fingerprint density at radius 2 is 1.74 bits per heavy atom. The van der Waals surface area contributed by atoms with Crippen molar-refractivity contribution in [2.45, 2.75) is 39.0 Å². The molecule has 236 valence electrons. The van der Waals surface area contributed by atoms with E-state index >= 15 is 0 Å². The molecule has 1 aliphatic heterocycles. The number of hydrogen-bond donors (Lipinski definition) is 2. The Bertz CT molecular complexity index is 1830. The van der Waals surface area contributed by atoms with Crippen LogP contribution in [-0.4, -0.2) is 66.4 Å². The van der Waals surface area contributed by atoms with Crippen LogP contribution in [0.1, 0.15) is 55.1 Å². The van der Waals surface area contributed by atoms with Gasteiger partial charge in [0.25, 0.3) is 11.7 Å². The summed E-state index contributed by atoms with van der Waals surface area (Å²) in [7, 11) is 1.43. The van der Waals surface area contributed by atoms with E-state index in [4.69, 9.17) is 9.72 Å². The number of piperazine rings is 1. The molecule has 2 fully saturated rings. The van der Waals surface area contributed by atoms with Crippen LogP contribution in [-0.2, 0) is 10.2 Å². The summed E-state index contributed by atoms with van der Waals surface area (Å²) < 4.78 is 5.46. The minimum Gasteiger partial charge on any atom is -0.493 e. The number of amides is 1. The number of fused-ring (bicyclic) bond motifs is 1. The zero-order valence-corrected chi connectivity index (χ0v) is 26.8. The summed E-state index contributed by atoms with van der Waals surface area (Å²) in [4.78, 5) is 41.1. The Morgan fingerprint density at radius 1 is 1.00 bits per heavy atom. The van der Waals surface area contributed by atoms with E-state index in [1.54, 1.807) is 30.5 Å². The van der Waals surface area contributed by atoms with Crippen LogP contribution in [0.4, 0.5) is 23.1 Å². The van der Waals surface area contributed by atoms with Gasteiger partial charge in [0.05, 0.1) is 18.4 Å². The van der Waals surface area contributed by atoms with Gasteiger partial charge in [-0.2, -0.15) is 10.2 Å². The molecule has 1 saturated carbocycles. The second-order valence-corrected chi connectivity index (χ2v) is 13.1. The maximum absolute atomic E-state index is 13.6. The summed E-state index contributed by atoms with van der Waals surface area (Å²) in [5, 5.41) is 17.2. The Labute approximate surface area is 269 Å².